The van der Waals surface area contributed by atoms with Crippen LogP contribution in [0.4, 0.5) is 0 Å². The van der Waals surface area contributed by atoms with Crippen LogP contribution in [0.3, 0.4) is 0 Å². The summed E-state index contributed by atoms with van der Waals surface area (Å²) in [7, 11) is 0. The molecule has 0 heterocycles. The average molecular weight is 239 g/mol. The van der Waals surface area contributed by atoms with Gasteiger partial charge < -0.3 is 11.6 Å². The molecule has 1 aromatic rings. The third-order valence-electron chi connectivity index (χ3n) is 1.57. The molecular formula is C9H11ClN6. The zero-order valence-electron chi connectivity index (χ0n) is 8.29. The van der Waals surface area contributed by atoms with Gasteiger partial charge in [0.1, 0.15) is 0 Å². The minimum Gasteiger partial charge on any atom is -0.367 e. The largest absolute Gasteiger partial charge is 0.367 e. The number of nitrogens with zero attached hydrogens (tertiary/aromatic N) is 3. The van der Waals surface area contributed by atoms with E-state index in [1.54, 1.807) is 30.5 Å². The third-order valence-corrected chi connectivity index (χ3v) is 1.57. The van der Waals surface area contributed by atoms with Gasteiger partial charge in [0.05, 0.1) is 17.8 Å². The Bertz CT molecular complexity index is 417. The molecule has 5 N–H and O–H groups in total. The Balaban J connectivity index is 0.00000225. The molecular weight excluding hydrogens is 228 g/mol. The standard InChI is InChI=1S/C9H10N6.ClH/c10-5-7-1-3-8(4-2-7)6-13-15-9(11)14-12;/h1-4,6H,12H2,(H3,11,14,15);1H. The predicted octanol–water partition coefficient (Wildman–Crippen LogP) is 0.0920. The van der Waals surface area contributed by atoms with Crippen LogP contribution >= 0.6 is 12.4 Å². The number of guanidine groups is 1. The van der Waals surface area contributed by atoms with Gasteiger partial charge in [0.2, 0.25) is 5.96 Å². The Morgan fingerprint density at radius 2 is 2.00 bits per heavy atom. The quantitative estimate of drug-likeness (QED) is 0.293. The summed E-state index contributed by atoms with van der Waals surface area (Å²) in [4.78, 5) is 0. The van der Waals surface area contributed by atoms with Crippen molar-refractivity contribution in [2.24, 2.45) is 21.8 Å². The van der Waals surface area contributed by atoms with Crippen LogP contribution in [0.25, 0.3) is 0 Å². The van der Waals surface area contributed by atoms with E-state index in [1.807, 2.05) is 6.07 Å². The van der Waals surface area contributed by atoms with Crippen LogP contribution in [0.2, 0.25) is 0 Å². The lowest BCUT2D eigenvalue weighted by Gasteiger charge is -1.95. The molecule has 0 amide bonds. The number of nitrogens with two attached hydrogens (primary N) is 2. The van der Waals surface area contributed by atoms with Gasteiger partial charge in [0.15, 0.2) is 0 Å². The minimum atomic E-state index is 0. The Labute approximate surface area is 99.0 Å². The van der Waals surface area contributed by atoms with Gasteiger partial charge in [0, 0.05) is 0 Å². The Morgan fingerprint density at radius 1 is 1.38 bits per heavy atom. The van der Waals surface area contributed by atoms with Crippen LogP contribution in [0.1, 0.15) is 11.1 Å². The first-order chi connectivity index (χ1) is 7.26. The Kier molecular flexibility index (Phi) is 6.09. The van der Waals surface area contributed by atoms with E-state index in [1.165, 1.54) is 0 Å². The van der Waals surface area contributed by atoms with E-state index in [0.29, 0.717) is 5.56 Å². The lowest BCUT2D eigenvalue weighted by atomic mass is 10.2. The fourth-order valence-electron chi connectivity index (χ4n) is 0.846. The van der Waals surface area contributed by atoms with Gasteiger partial charge in [-0.1, -0.05) is 12.1 Å². The van der Waals surface area contributed by atoms with E-state index in [4.69, 9.17) is 16.8 Å². The number of benzene rings is 1. The molecule has 1 aromatic carbocycles. The number of hydrogen-bond donors (Lipinski definition) is 3. The predicted molar refractivity (Wildman–Crippen MR) is 64.9 cm³/mol. The molecule has 16 heavy (non-hydrogen) atoms. The minimum absolute atomic E-state index is 0. The van der Waals surface area contributed by atoms with Crippen LogP contribution < -0.4 is 17.0 Å². The number of rotatable bonds is 2. The molecule has 0 aliphatic rings. The first-order valence-electron chi connectivity index (χ1n) is 4.09. The number of nitriles is 1. The Hall–Kier alpha value is -2.26. The fraction of sp³-hybridized carbons (Fsp3) is 0. The molecule has 0 unspecified atom stereocenters. The molecule has 0 atom stereocenters. The first-order valence-corrected chi connectivity index (χ1v) is 4.09. The number of hydrogen-bond acceptors (Lipinski definition) is 4. The van der Waals surface area contributed by atoms with Crippen molar-refractivity contribution < 1.29 is 0 Å². The van der Waals surface area contributed by atoms with Crippen molar-refractivity contribution >= 4 is 24.6 Å². The molecule has 0 bridgehead atoms. The summed E-state index contributed by atoms with van der Waals surface area (Å²) < 4.78 is 0. The van der Waals surface area contributed by atoms with Gasteiger partial charge in [-0.05, 0) is 17.7 Å². The zero-order valence-corrected chi connectivity index (χ0v) is 9.11. The summed E-state index contributed by atoms with van der Waals surface area (Å²) >= 11 is 0. The van der Waals surface area contributed by atoms with Crippen LogP contribution in [-0.2, 0) is 0 Å². The maximum atomic E-state index is 8.57. The van der Waals surface area contributed by atoms with Crippen molar-refractivity contribution in [2.45, 2.75) is 0 Å². The molecule has 1 rings (SSSR count). The van der Waals surface area contributed by atoms with Gasteiger partial charge in [-0.15, -0.1) is 17.5 Å². The molecule has 0 aliphatic heterocycles. The van der Waals surface area contributed by atoms with E-state index in [-0.39, 0.29) is 18.4 Å². The highest BCUT2D eigenvalue weighted by atomic mass is 35.5. The normalized spacial score (nSPS) is 10.6. The SMILES string of the molecule is Cl.N#Cc1ccc(C=NNC(N)=NN)cc1. The molecule has 0 aromatic heterocycles. The summed E-state index contributed by atoms with van der Waals surface area (Å²) in [6.45, 7) is 0. The van der Waals surface area contributed by atoms with Crippen molar-refractivity contribution in [3.8, 4) is 6.07 Å². The van der Waals surface area contributed by atoms with Gasteiger partial charge in [-0.3, -0.25) is 0 Å². The molecule has 84 valence electrons. The summed E-state index contributed by atoms with van der Waals surface area (Å²) in [5.41, 5.74) is 9.10. The zero-order chi connectivity index (χ0) is 11.1. The number of hydrazone groups is 2. The van der Waals surface area contributed by atoms with Crippen molar-refractivity contribution in [3.05, 3.63) is 35.4 Å². The highest BCUT2D eigenvalue weighted by Gasteiger charge is 1.90. The summed E-state index contributed by atoms with van der Waals surface area (Å²) in [5, 5.41) is 15.5. The van der Waals surface area contributed by atoms with Crippen molar-refractivity contribution in [1.29, 1.82) is 5.26 Å². The lowest BCUT2D eigenvalue weighted by molar-refractivity contribution is 0.993. The van der Waals surface area contributed by atoms with Gasteiger partial charge in [0.25, 0.3) is 0 Å². The van der Waals surface area contributed by atoms with Gasteiger partial charge in [-0.2, -0.15) is 10.4 Å². The maximum absolute atomic E-state index is 8.57. The van der Waals surface area contributed by atoms with E-state index in [2.05, 4.69) is 15.6 Å². The van der Waals surface area contributed by atoms with Crippen LogP contribution in [0.15, 0.2) is 34.5 Å². The number of halogens is 1. The van der Waals surface area contributed by atoms with Gasteiger partial charge >= 0.3 is 0 Å². The topological polar surface area (TPSA) is 113 Å². The molecule has 0 aliphatic carbocycles. The van der Waals surface area contributed by atoms with E-state index >= 15 is 0 Å². The molecule has 6 nitrogen and oxygen atoms in total. The molecule has 0 saturated heterocycles. The summed E-state index contributed by atoms with van der Waals surface area (Å²) in [5.74, 6) is 4.91. The van der Waals surface area contributed by atoms with Crippen LogP contribution in [-0.4, -0.2) is 12.2 Å². The number of nitrogens with one attached hydrogen (secondary N) is 1. The second kappa shape index (κ2) is 7.09. The van der Waals surface area contributed by atoms with Crippen molar-refractivity contribution in [3.63, 3.8) is 0 Å². The fourth-order valence-corrected chi connectivity index (χ4v) is 0.846. The van der Waals surface area contributed by atoms with Crippen LogP contribution in [0.5, 0.6) is 0 Å². The maximum Gasteiger partial charge on any atom is 0.231 e. The monoisotopic (exact) mass is 238 g/mol. The third kappa shape index (κ3) is 4.30. The highest BCUT2D eigenvalue weighted by Crippen LogP contribution is 2.00. The van der Waals surface area contributed by atoms with Gasteiger partial charge in [-0.25, -0.2) is 5.43 Å². The molecule has 0 saturated carbocycles. The second-order valence-corrected chi connectivity index (χ2v) is 2.62. The smallest absolute Gasteiger partial charge is 0.231 e. The highest BCUT2D eigenvalue weighted by molar-refractivity contribution is 5.85. The van der Waals surface area contributed by atoms with Crippen molar-refractivity contribution in [2.75, 3.05) is 0 Å². The Morgan fingerprint density at radius 3 is 2.50 bits per heavy atom. The molecule has 0 radical (unpaired) electrons. The van der Waals surface area contributed by atoms with E-state index < -0.39 is 0 Å². The van der Waals surface area contributed by atoms with E-state index in [0.717, 1.165) is 5.56 Å². The van der Waals surface area contributed by atoms with E-state index in [9.17, 15) is 0 Å². The second-order valence-electron chi connectivity index (χ2n) is 2.62. The van der Waals surface area contributed by atoms with Crippen LogP contribution in [0, 0.1) is 11.3 Å². The first kappa shape index (κ1) is 13.7. The molecule has 7 heteroatoms. The average Bonchev–Trinajstić information content (AvgIpc) is 2.29. The summed E-state index contributed by atoms with van der Waals surface area (Å²) in [6, 6.07) is 8.94. The molecule has 0 fully saturated rings. The lowest BCUT2D eigenvalue weighted by Crippen LogP contribution is -2.28. The summed E-state index contributed by atoms with van der Waals surface area (Å²) in [6.07, 6.45) is 1.54. The molecule has 0 spiro atoms. The van der Waals surface area contributed by atoms with Crippen molar-refractivity contribution in [1.82, 2.24) is 5.43 Å².